The number of nitrogens with one attached hydrogen (secondary N) is 1. The summed E-state index contributed by atoms with van der Waals surface area (Å²) in [4.78, 5) is 20.4. The van der Waals surface area contributed by atoms with Crippen LogP contribution in [0, 0.1) is 0 Å². The summed E-state index contributed by atoms with van der Waals surface area (Å²) in [6.45, 7) is 1.32. The molecule has 2 heterocycles. The third-order valence-electron chi connectivity index (χ3n) is 6.74. The van der Waals surface area contributed by atoms with Crippen LogP contribution in [-0.4, -0.2) is 15.6 Å². The summed E-state index contributed by atoms with van der Waals surface area (Å²) < 4.78 is 1.76. The molecule has 2 aromatic heterocycles. The minimum atomic E-state index is 0.0702. The highest BCUT2D eigenvalue weighted by atomic mass is 35.5. The summed E-state index contributed by atoms with van der Waals surface area (Å²) in [6, 6.07) is 22.9. The zero-order valence-corrected chi connectivity index (χ0v) is 20.2. The van der Waals surface area contributed by atoms with Gasteiger partial charge in [-0.05, 0) is 58.9 Å². The third-order valence-corrected chi connectivity index (χ3v) is 8.14. The molecule has 0 amide bonds. The molecule has 0 saturated carbocycles. The molecule has 1 aliphatic carbocycles. The molecule has 1 unspecified atom stereocenters. The van der Waals surface area contributed by atoms with Crippen LogP contribution in [0.5, 0.6) is 0 Å². The Morgan fingerprint density at radius 1 is 1.09 bits per heavy atom. The second-order valence-corrected chi connectivity index (χ2v) is 10.5. The van der Waals surface area contributed by atoms with Crippen LogP contribution in [0.1, 0.15) is 28.0 Å². The number of thiophene rings is 1. The molecule has 6 rings (SSSR count). The van der Waals surface area contributed by atoms with E-state index in [4.69, 9.17) is 16.6 Å². The van der Waals surface area contributed by atoms with Crippen molar-refractivity contribution in [1.82, 2.24) is 14.9 Å². The van der Waals surface area contributed by atoms with Gasteiger partial charge in [-0.1, -0.05) is 66.2 Å². The third kappa shape index (κ3) is 4.05. The maximum absolute atomic E-state index is 13.5. The van der Waals surface area contributed by atoms with Gasteiger partial charge in [0.25, 0.3) is 5.56 Å². The minimum absolute atomic E-state index is 0.0702. The zero-order valence-electron chi connectivity index (χ0n) is 18.6. The lowest BCUT2D eigenvalue weighted by atomic mass is 9.93. The summed E-state index contributed by atoms with van der Waals surface area (Å²) in [5.41, 5.74) is 3.59. The van der Waals surface area contributed by atoms with Crippen molar-refractivity contribution < 1.29 is 0 Å². The Bertz CT molecular complexity index is 1570. The highest BCUT2D eigenvalue weighted by Crippen LogP contribution is 2.34. The predicted molar refractivity (Wildman–Crippen MR) is 141 cm³/mol. The Morgan fingerprint density at radius 2 is 1.94 bits per heavy atom. The van der Waals surface area contributed by atoms with Crippen molar-refractivity contribution >= 4 is 43.9 Å². The monoisotopic (exact) mass is 485 g/mol. The highest BCUT2D eigenvalue weighted by Gasteiger charge is 2.25. The van der Waals surface area contributed by atoms with Crippen molar-refractivity contribution in [3.05, 3.63) is 110 Å². The van der Waals surface area contributed by atoms with Crippen LogP contribution in [0.3, 0.4) is 0 Å². The van der Waals surface area contributed by atoms with Gasteiger partial charge >= 0.3 is 0 Å². The number of fused-ring (bicyclic) bond motifs is 4. The Kier molecular flexibility index (Phi) is 5.69. The molecule has 0 aliphatic heterocycles. The molecule has 1 atom stereocenters. The second-order valence-electron chi connectivity index (χ2n) is 8.95. The summed E-state index contributed by atoms with van der Waals surface area (Å²) in [7, 11) is 0. The average molecular weight is 486 g/mol. The number of halogens is 1. The van der Waals surface area contributed by atoms with E-state index >= 15 is 0 Å². The first-order chi connectivity index (χ1) is 16.7. The first-order valence-electron chi connectivity index (χ1n) is 11.6. The first-order valence-corrected chi connectivity index (χ1v) is 12.8. The van der Waals surface area contributed by atoms with Gasteiger partial charge in [0.05, 0.1) is 18.3 Å². The van der Waals surface area contributed by atoms with Crippen LogP contribution < -0.4 is 10.9 Å². The Hall–Kier alpha value is -2.99. The smallest absolute Gasteiger partial charge is 0.262 e. The molecule has 1 aliphatic rings. The van der Waals surface area contributed by atoms with Crippen LogP contribution in [-0.2, 0) is 25.9 Å². The second kappa shape index (κ2) is 8.99. The maximum atomic E-state index is 13.5. The lowest BCUT2D eigenvalue weighted by Gasteiger charge is -2.23. The number of benzene rings is 3. The molecule has 1 N–H and O–H groups in total. The molecule has 170 valence electrons. The Labute approximate surface area is 206 Å². The molecule has 3 aromatic carbocycles. The molecule has 6 heteroatoms. The van der Waals surface area contributed by atoms with Gasteiger partial charge in [0.2, 0.25) is 0 Å². The summed E-state index contributed by atoms with van der Waals surface area (Å²) in [6.07, 6.45) is 4.55. The number of aryl methyl sites for hydroxylation is 1. The predicted octanol–water partition coefficient (Wildman–Crippen LogP) is 5.96. The molecule has 0 fully saturated rings. The van der Waals surface area contributed by atoms with E-state index < -0.39 is 0 Å². The van der Waals surface area contributed by atoms with E-state index in [1.54, 1.807) is 22.2 Å². The molecule has 0 saturated heterocycles. The molecule has 4 nitrogen and oxygen atoms in total. The van der Waals surface area contributed by atoms with Gasteiger partial charge in [0.1, 0.15) is 4.83 Å². The molecular formula is C28H24ClN3OS. The SMILES string of the molecule is O=c1c2c3c(sc2ncn1Cc1cccc2ccccc12)CC(NCc1cccc(Cl)c1)CC3. The fourth-order valence-electron chi connectivity index (χ4n) is 5.01. The van der Waals surface area contributed by atoms with Crippen molar-refractivity contribution in [3.63, 3.8) is 0 Å². The van der Waals surface area contributed by atoms with Gasteiger partial charge in [-0.15, -0.1) is 11.3 Å². The number of nitrogens with zero attached hydrogens (tertiary/aromatic N) is 2. The number of hydrogen-bond donors (Lipinski definition) is 1. The molecular weight excluding hydrogens is 462 g/mol. The van der Waals surface area contributed by atoms with Crippen LogP contribution in [0.15, 0.2) is 77.9 Å². The van der Waals surface area contributed by atoms with Gasteiger partial charge in [-0.25, -0.2) is 4.98 Å². The number of aromatic nitrogens is 2. The van der Waals surface area contributed by atoms with E-state index in [0.717, 1.165) is 46.6 Å². The van der Waals surface area contributed by atoms with Gasteiger partial charge in [0, 0.05) is 22.5 Å². The van der Waals surface area contributed by atoms with Gasteiger partial charge < -0.3 is 5.32 Å². The quantitative estimate of drug-likeness (QED) is 0.334. The largest absolute Gasteiger partial charge is 0.310 e. The van der Waals surface area contributed by atoms with Crippen LogP contribution in [0.25, 0.3) is 21.0 Å². The highest BCUT2D eigenvalue weighted by molar-refractivity contribution is 7.18. The Balaban J connectivity index is 1.26. The summed E-state index contributed by atoms with van der Waals surface area (Å²) >= 11 is 7.79. The fourth-order valence-corrected chi connectivity index (χ4v) is 6.48. The van der Waals surface area contributed by atoms with Crippen LogP contribution in [0.4, 0.5) is 0 Å². The van der Waals surface area contributed by atoms with E-state index in [1.807, 2.05) is 30.3 Å². The Morgan fingerprint density at radius 3 is 2.85 bits per heavy atom. The van der Waals surface area contributed by atoms with E-state index in [-0.39, 0.29) is 5.56 Å². The topological polar surface area (TPSA) is 46.9 Å². The van der Waals surface area contributed by atoms with E-state index in [9.17, 15) is 4.79 Å². The standard InChI is InChI=1S/C28H24ClN3OS/c29-21-9-3-5-18(13-21)15-30-22-11-12-24-25(14-22)34-27-26(24)28(33)32(17-31-27)16-20-8-4-7-19-6-1-2-10-23(19)20/h1-10,13,17,22,30H,11-12,14-16H2. The number of hydrogen-bond acceptors (Lipinski definition) is 4. The van der Waals surface area contributed by atoms with Crippen molar-refractivity contribution in [3.8, 4) is 0 Å². The maximum Gasteiger partial charge on any atom is 0.262 e. The van der Waals surface area contributed by atoms with Crippen molar-refractivity contribution in [1.29, 1.82) is 0 Å². The summed E-state index contributed by atoms with van der Waals surface area (Å²) in [5, 5.41) is 7.62. The van der Waals surface area contributed by atoms with Crippen molar-refractivity contribution in [2.75, 3.05) is 0 Å². The lowest BCUT2D eigenvalue weighted by Crippen LogP contribution is -2.33. The first kappa shape index (κ1) is 21.5. The minimum Gasteiger partial charge on any atom is -0.310 e. The van der Waals surface area contributed by atoms with Crippen molar-refractivity contribution in [2.45, 2.75) is 38.4 Å². The number of rotatable bonds is 5. The van der Waals surface area contributed by atoms with Crippen LogP contribution >= 0.6 is 22.9 Å². The lowest BCUT2D eigenvalue weighted by molar-refractivity contribution is 0.463. The molecule has 34 heavy (non-hydrogen) atoms. The van der Waals surface area contributed by atoms with E-state index in [2.05, 4.69) is 41.7 Å². The molecule has 0 radical (unpaired) electrons. The van der Waals surface area contributed by atoms with Crippen LogP contribution in [0.2, 0.25) is 5.02 Å². The molecule has 0 spiro atoms. The van der Waals surface area contributed by atoms with Gasteiger partial charge in [0.15, 0.2) is 0 Å². The average Bonchev–Trinajstić information content (AvgIpc) is 3.23. The van der Waals surface area contributed by atoms with Gasteiger partial charge in [-0.3, -0.25) is 9.36 Å². The molecule has 5 aromatic rings. The van der Waals surface area contributed by atoms with Gasteiger partial charge in [-0.2, -0.15) is 0 Å². The fraction of sp³-hybridized carbons (Fsp3) is 0.214. The van der Waals surface area contributed by atoms with E-state index in [0.29, 0.717) is 12.6 Å². The zero-order chi connectivity index (χ0) is 23.1. The molecule has 0 bridgehead atoms. The summed E-state index contributed by atoms with van der Waals surface area (Å²) in [5.74, 6) is 0. The van der Waals surface area contributed by atoms with E-state index in [1.165, 1.54) is 26.8 Å². The normalized spacial score (nSPS) is 15.6. The van der Waals surface area contributed by atoms with Crippen molar-refractivity contribution in [2.24, 2.45) is 0 Å².